The maximum atomic E-state index is 11.8. The second-order valence-electron chi connectivity index (χ2n) is 4.60. The molecule has 0 saturated heterocycles. The molecule has 98 valence electrons. The summed E-state index contributed by atoms with van der Waals surface area (Å²) < 4.78 is 0. The zero-order valence-electron chi connectivity index (χ0n) is 11.7. The van der Waals surface area contributed by atoms with Crippen LogP contribution in [-0.2, 0) is 0 Å². The number of nitrogens with zero attached hydrogens (tertiary/aromatic N) is 1. The van der Waals surface area contributed by atoms with Crippen LogP contribution in [0, 0.1) is 0 Å². The zero-order valence-corrected chi connectivity index (χ0v) is 11.7. The van der Waals surface area contributed by atoms with Gasteiger partial charge in [-0.1, -0.05) is 39.8 Å². The van der Waals surface area contributed by atoms with Gasteiger partial charge in [-0.05, 0) is 36.5 Å². The highest BCUT2D eigenvalue weighted by Crippen LogP contribution is 2.14. The van der Waals surface area contributed by atoms with Gasteiger partial charge in [0.1, 0.15) is 0 Å². The number of hydrogen-bond acceptors (Lipinski definition) is 2. The summed E-state index contributed by atoms with van der Waals surface area (Å²) in [5.41, 5.74) is 5.48. The number of amides is 1. The summed E-state index contributed by atoms with van der Waals surface area (Å²) >= 11 is 0. The van der Waals surface area contributed by atoms with Crippen molar-refractivity contribution in [1.29, 1.82) is 0 Å². The predicted octanol–water partition coefficient (Wildman–Crippen LogP) is 3.72. The van der Waals surface area contributed by atoms with Gasteiger partial charge in [0.15, 0.2) is 0 Å². The van der Waals surface area contributed by atoms with Crippen molar-refractivity contribution in [3.8, 4) is 0 Å². The Morgan fingerprint density at radius 3 is 2.17 bits per heavy atom. The number of nitrogens with one attached hydrogen (secondary N) is 1. The van der Waals surface area contributed by atoms with E-state index in [0.717, 1.165) is 18.6 Å². The van der Waals surface area contributed by atoms with Crippen LogP contribution in [0.15, 0.2) is 29.4 Å². The molecule has 0 spiro atoms. The fourth-order valence-electron chi connectivity index (χ4n) is 1.62. The molecule has 1 amide bonds. The summed E-state index contributed by atoms with van der Waals surface area (Å²) in [7, 11) is 0. The molecule has 3 nitrogen and oxygen atoms in total. The molecule has 0 aliphatic heterocycles. The lowest BCUT2D eigenvalue weighted by Gasteiger charge is -2.06. The molecule has 0 aromatic heterocycles. The van der Waals surface area contributed by atoms with Crippen LogP contribution in [0.2, 0.25) is 0 Å². The van der Waals surface area contributed by atoms with Crippen molar-refractivity contribution in [3.63, 3.8) is 0 Å². The van der Waals surface area contributed by atoms with Gasteiger partial charge in [0.05, 0.1) is 0 Å². The van der Waals surface area contributed by atoms with Crippen molar-refractivity contribution in [2.45, 2.75) is 46.5 Å². The van der Waals surface area contributed by atoms with Crippen molar-refractivity contribution >= 4 is 11.6 Å². The Balaban J connectivity index is 2.70. The molecule has 18 heavy (non-hydrogen) atoms. The highest BCUT2D eigenvalue weighted by Gasteiger charge is 2.05. The van der Waals surface area contributed by atoms with E-state index in [-0.39, 0.29) is 5.91 Å². The van der Waals surface area contributed by atoms with Gasteiger partial charge in [0.25, 0.3) is 5.91 Å². The van der Waals surface area contributed by atoms with Crippen molar-refractivity contribution < 1.29 is 4.79 Å². The van der Waals surface area contributed by atoms with Crippen molar-refractivity contribution in [2.75, 3.05) is 0 Å². The average molecular weight is 246 g/mol. The summed E-state index contributed by atoms with van der Waals surface area (Å²) in [6, 6.07) is 7.67. The molecule has 0 saturated carbocycles. The van der Waals surface area contributed by atoms with E-state index < -0.39 is 0 Å². The molecule has 3 heteroatoms. The van der Waals surface area contributed by atoms with Gasteiger partial charge < -0.3 is 0 Å². The topological polar surface area (TPSA) is 41.5 Å². The van der Waals surface area contributed by atoms with Crippen molar-refractivity contribution in [1.82, 2.24) is 5.43 Å². The Morgan fingerprint density at radius 2 is 1.72 bits per heavy atom. The van der Waals surface area contributed by atoms with Crippen LogP contribution in [0.4, 0.5) is 0 Å². The second-order valence-corrected chi connectivity index (χ2v) is 4.60. The van der Waals surface area contributed by atoms with E-state index in [9.17, 15) is 4.79 Å². The van der Waals surface area contributed by atoms with Crippen LogP contribution in [0.1, 0.15) is 62.4 Å². The van der Waals surface area contributed by atoms with E-state index >= 15 is 0 Å². The highest BCUT2D eigenvalue weighted by atomic mass is 16.2. The summed E-state index contributed by atoms with van der Waals surface area (Å²) in [6.07, 6.45) is 1.73. The van der Waals surface area contributed by atoms with Crippen LogP contribution in [0.5, 0.6) is 0 Å². The fraction of sp³-hybridized carbons (Fsp3) is 0.467. The molecule has 0 bridgehead atoms. The van der Waals surface area contributed by atoms with Crippen LogP contribution >= 0.6 is 0 Å². The van der Waals surface area contributed by atoms with Gasteiger partial charge in [-0.15, -0.1) is 0 Å². The molecule has 0 aliphatic rings. The minimum Gasteiger partial charge on any atom is -0.267 e. The zero-order chi connectivity index (χ0) is 13.5. The van der Waals surface area contributed by atoms with Crippen LogP contribution in [0.3, 0.4) is 0 Å². The van der Waals surface area contributed by atoms with E-state index in [2.05, 4.69) is 24.4 Å². The predicted molar refractivity (Wildman–Crippen MR) is 76.0 cm³/mol. The molecule has 1 aromatic carbocycles. The summed E-state index contributed by atoms with van der Waals surface area (Å²) in [6.45, 7) is 8.33. The quantitative estimate of drug-likeness (QED) is 0.624. The molecule has 1 aromatic rings. The Bertz CT molecular complexity index is 413. The van der Waals surface area contributed by atoms with E-state index in [4.69, 9.17) is 0 Å². The number of carbonyl (C=O) groups is 1. The molecule has 1 rings (SSSR count). The molecule has 0 atom stereocenters. The fourth-order valence-corrected chi connectivity index (χ4v) is 1.62. The van der Waals surface area contributed by atoms with E-state index in [1.807, 2.05) is 38.1 Å². The van der Waals surface area contributed by atoms with E-state index in [1.54, 1.807) is 0 Å². The van der Waals surface area contributed by atoms with Crippen LogP contribution in [0.25, 0.3) is 0 Å². The number of rotatable bonds is 5. The molecule has 0 unspecified atom stereocenters. The Morgan fingerprint density at radius 1 is 1.17 bits per heavy atom. The summed E-state index contributed by atoms with van der Waals surface area (Å²) in [5, 5.41) is 4.11. The van der Waals surface area contributed by atoms with E-state index in [1.165, 1.54) is 5.56 Å². The Hall–Kier alpha value is -1.64. The maximum Gasteiger partial charge on any atom is 0.271 e. The third-order valence-corrected chi connectivity index (χ3v) is 2.97. The van der Waals surface area contributed by atoms with E-state index in [0.29, 0.717) is 11.5 Å². The first-order chi connectivity index (χ1) is 8.58. The SMILES string of the molecule is CCC(CC)=NNC(=O)c1ccc(C(C)C)cc1. The third-order valence-electron chi connectivity index (χ3n) is 2.97. The first kappa shape index (κ1) is 14.4. The molecular formula is C15H22N2O. The smallest absolute Gasteiger partial charge is 0.267 e. The monoisotopic (exact) mass is 246 g/mol. The minimum absolute atomic E-state index is 0.148. The lowest BCUT2D eigenvalue weighted by Crippen LogP contribution is -2.19. The largest absolute Gasteiger partial charge is 0.271 e. The maximum absolute atomic E-state index is 11.8. The van der Waals surface area contributed by atoms with Gasteiger partial charge in [-0.25, -0.2) is 5.43 Å². The van der Waals surface area contributed by atoms with Crippen LogP contribution in [-0.4, -0.2) is 11.6 Å². The normalized spacial score (nSPS) is 10.3. The summed E-state index contributed by atoms with van der Waals surface area (Å²) in [5.74, 6) is 0.330. The first-order valence-electron chi connectivity index (χ1n) is 6.54. The highest BCUT2D eigenvalue weighted by molar-refractivity contribution is 5.95. The number of benzene rings is 1. The molecule has 0 aliphatic carbocycles. The van der Waals surface area contributed by atoms with Crippen molar-refractivity contribution in [2.24, 2.45) is 5.10 Å². The molecule has 1 N–H and O–H groups in total. The lowest BCUT2D eigenvalue weighted by atomic mass is 10.0. The van der Waals surface area contributed by atoms with Gasteiger partial charge in [-0.3, -0.25) is 4.79 Å². The number of carbonyl (C=O) groups excluding carboxylic acids is 1. The lowest BCUT2D eigenvalue weighted by molar-refractivity contribution is 0.0954. The minimum atomic E-state index is -0.148. The van der Waals surface area contributed by atoms with Crippen molar-refractivity contribution in [3.05, 3.63) is 35.4 Å². The molecule has 0 radical (unpaired) electrons. The number of hydrogen-bond donors (Lipinski definition) is 1. The van der Waals surface area contributed by atoms with Crippen LogP contribution < -0.4 is 5.43 Å². The second kappa shape index (κ2) is 6.94. The first-order valence-corrected chi connectivity index (χ1v) is 6.54. The average Bonchev–Trinajstić information content (AvgIpc) is 2.39. The third kappa shape index (κ3) is 3.99. The summed E-state index contributed by atoms with van der Waals surface area (Å²) in [4.78, 5) is 11.8. The molecule has 0 heterocycles. The standard InChI is InChI=1S/C15H22N2O/c1-5-14(6-2)16-17-15(18)13-9-7-12(8-10-13)11(3)4/h7-11H,5-6H2,1-4H3,(H,17,18). The molecular weight excluding hydrogens is 224 g/mol. The van der Waals surface area contributed by atoms with Gasteiger partial charge >= 0.3 is 0 Å². The van der Waals surface area contributed by atoms with Gasteiger partial charge in [-0.2, -0.15) is 5.10 Å². The number of hydrazone groups is 1. The van der Waals surface area contributed by atoms with Gasteiger partial charge in [0, 0.05) is 11.3 Å². The molecule has 0 fully saturated rings. The van der Waals surface area contributed by atoms with Gasteiger partial charge in [0.2, 0.25) is 0 Å². The Kier molecular flexibility index (Phi) is 5.56. The Labute approximate surface area is 109 Å².